The average molecular weight is 340 g/mol. The van der Waals surface area contributed by atoms with Gasteiger partial charge >= 0.3 is 5.97 Å². The second-order valence-electron chi connectivity index (χ2n) is 5.16. The van der Waals surface area contributed by atoms with Crippen molar-refractivity contribution in [1.82, 2.24) is 19.7 Å². The summed E-state index contributed by atoms with van der Waals surface area (Å²) in [6.07, 6.45) is 2.84. The molecule has 0 bridgehead atoms. The van der Waals surface area contributed by atoms with Crippen LogP contribution in [0.15, 0.2) is 30.6 Å². The zero-order valence-corrected chi connectivity index (χ0v) is 12.7. The molecule has 0 radical (unpaired) electrons. The lowest BCUT2D eigenvalue weighted by molar-refractivity contribution is -0.137. The molecule has 2 heterocycles. The monoisotopic (exact) mass is 340 g/mol. The Morgan fingerprint density at radius 3 is 2.28 bits per heavy atom. The third-order valence-corrected chi connectivity index (χ3v) is 3.48. The van der Waals surface area contributed by atoms with Crippen molar-refractivity contribution in [2.45, 2.75) is 6.54 Å². The molecule has 2 aromatic heterocycles. The van der Waals surface area contributed by atoms with Gasteiger partial charge in [-0.1, -0.05) is 6.07 Å². The number of carbonyl (C=O) groups is 3. The van der Waals surface area contributed by atoms with E-state index in [1.807, 2.05) is 0 Å². The molecular weight excluding hydrogens is 328 g/mol. The fourth-order valence-electron chi connectivity index (χ4n) is 2.39. The quantitative estimate of drug-likeness (QED) is 0.576. The number of carboxylic acid groups (broad SMARTS) is 1. The Bertz CT molecular complexity index is 1010. The molecule has 3 aromatic rings. The van der Waals surface area contributed by atoms with E-state index >= 15 is 0 Å². The molecule has 1 aromatic carbocycles. The number of nitrogens with zero attached hydrogens (tertiary/aromatic N) is 4. The number of rotatable bonds is 5. The summed E-state index contributed by atoms with van der Waals surface area (Å²) in [5.74, 6) is -2.72. The summed E-state index contributed by atoms with van der Waals surface area (Å²) < 4.78 is 1.18. The molecule has 126 valence electrons. The van der Waals surface area contributed by atoms with E-state index in [1.165, 1.54) is 17.1 Å². The molecular formula is C15H12N6O4. The third-order valence-electron chi connectivity index (χ3n) is 3.48. The number of hydrogen-bond donors (Lipinski definition) is 3. The first-order chi connectivity index (χ1) is 11.9. The van der Waals surface area contributed by atoms with Gasteiger partial charge in [-0.15, -0.1) is 0 Å². The fraction of sp³-hybridized carbons (Fsp3) is 0.0667. The van der Waals surface area contributed by atoms with E-state index in [2.05, 4.69) is 15.1 Å². The van der Waals surface area contributed by atoms with Gasteiger partial charge in [0.25, 0.3) is 11.8 Å². The first-order valence-electron chi connectivity index (χ1n) is 7.01. The minimum atomic E-state index is -1.11. The predicted molar refractivity (Wildman–Crippen MR) is 85.4 cm³/mol. The number of aliphatic carboxylic acids is 1. The summed E-state index contributed by atoms with van der Waals surface area (Å²) in [6.45, 7) is -0.426. The summed E-state index contributed by atoms with van der Waals surface area (Å²) >= 11 is 0. The summed E-state index contributed by atoms with van der Waals surface area (Å²) in [6, 6.07) is 4.93. The maximum absolute atomic E-state index is 11.5. The highest BCUT2D eigenvalue weighted by Crippen LogP contribution is 2.26. The standard InChI is InChI=1S/C15H12N6O4/c16-13(24)12-9-2-1-7(3-10(9)21(20-12)6-11(22)23)8-4-18-15(14(17)25)19-5-8/h1-5H,6H2,(H2,16,24)(H2,17,25)(H,22,23). The van der Waals surface area contributed by atoms with Crippen molar-refractivity contribution in [1.29, 1.82) is 0 Å². The number of carbonyl (C=O) groups excluding carboxylic acids is 2. The molecule has 0 saturated heterocycles. The van der Waals surface area contributed by atoms with Crippen molar-refractivity contribution in [3.63, 3.8) is 0 Å². The van der Waals surface area contributed by atoms with E-state index in [-0.39, 0.29) is 11.5 Å². The molecule has 0 spiro atoms. The summed E-state index contributed by atoms with van der Waals surface area (Å²) in [5.41, 5.74) is 12.0. The van der Waals surface area contributed by atoms with Gasteiger partial charge in [-0.05, 0) is 17.7 Å². The van der Waals surface area contributed by atoms with E-state index in [1.54, 1.807) is 18.2 Å². The molecule has 0 aliphatic heterocycles. The third kappa shape index (κ3) is 3.00. The molecule has 3 rings (SSSR count). The number of aromatic nitrogens is 4. The highest BCUT2D eigenvalue weighted by molar-refractivity contribution is 6.05. The minimum absolute atomic E-state index is 0.0110. The van der Waals surface area contributed by atoms with Crippen molar-refractivity contribution >= 4 is 28.7 Å². The number of primary amides is 2. The van der Waals surface area contributed by atoms with Gasteiger partial charge in [-0.2, -0.15) is 5.10 Å². The number of amides is 2. The van der Waals surface area contributed by atoms with Crippen molar-refractivity contribution in [2.75, 3.05) is 0 Å². The first-order valence-corrected chi connectivity index (χ1v) is 7.01. The van der Waals surface area contributed by atoms with Crippen molar-refractivity contribution in [2.24, 2.45) is 11.5 Å². The van der Waals surface area contributed by atoms with Crippen LogP contribution in [0.3, 0.4) is 0 Å². The summed E-state index contributed by atoms with van der Waals surface area (Å²) in [4.78, 5) is 41.3. The molecule has 2 amide bonds. The largest absolute Gasteiger partial charge is 0.480 e. The Labute approximate surface area is 140 Å². The van der Waals surface area contributed by atoms with Crippen LogP contribution < -0.4 is 11.5 Å². The van der Waals surface area contributed by atoms with Crippen LogP contribution in [0.2, 0.25) is 0 Å². The van der Waals surface area contributed by atoms with Gasteiger partial charge < -0.3 is 16.6 Å². The number of carboxylic acids is 1. The zero-order valence-electron chi connectivity index (χ0n) is 12.7. The van der Waals surface area contributed by atoms with Crippen LogP contribution in [0.1, 0.15) is 21.1 Å². The van der Waals surface area contributed by atoms with Crippen LogP contribution >= 0.6 is 0 Å². The Morgan fingerprint density at radius 2 is 1.72 bits per heavy atom. The average Bonchev–Trinajstić information content (AvgIpc) is 2.92. The van der Waals surface area contributed by atoms with Crippen LogP contribution in [0, 0.1) is 0 Å². The second kappa shape index (κ2) is 6.00. The fourth-order valence-corrected chi connectivity index (χ4v) is 2.39. The number of fused-ring (bicyclic) bond motifs is 1. The molecule has 0 atom stereocenters. The molecule has 0 unspecified atom stereocenters. The molecule has 0 saturated carbocycles. The number of hydrogen-bond acceptors (Lipinski definition) is 6. The lowest BCUT2D eigenvalue weighted by atomic mass is 10.1. The van der Waals surface area contributed by atoms with Gasteiger partial charge in [0.05, 0.1) is 5.52 Å². The topological polar surface area (TPSA) is 167 Å². The van der Waals surface area contributed by atoms with E-state index < -0.39 is 24.3 Å². The highest BCUT2D eigenvalue weighted by Gasteiger charge is 2.17. The Balaban J connectivity index is 2.13. The first kappa shape index (κ1) is 16.1. The maximum Gasteiger partial charge on any atom is 0.325 e. The van der Waals surface area contributed by atoms with Crippen LogP contribution in [0.4, 0.5) is 0 Å². The predicted octanol–water partition coefficient (Wildman–Crippen LogP) is -0.224. The van der Waals surface area contributed by atoms with E-state index in [0.29, 0.717) is 22.0 Å². The lowest BCUT2D eigenvalue weighted by Crippen LogP contribution is -2.14. The van der Waals surface area contributed by atoms with Gasteiger partial charge in [0.2, 0.25) is 5.82 Å². The number of benzene rings is 1. The molecule has 25 heavy (non-hydrogen) atoms. The van der Waals surface area contributed by atoms with Crippen LogP contribution in [0.25, 0.3) is 22.0 Å². The molecule has 0 aliphatic carbocycles. The van der Waals surface area contributed by atoms with Crippen molar-refractivity contribution < 1.29 is 19.5 Å². The molecule has 10 heteroatoms. The van der Waals surface area contributed by atoms with Gasteiger partial charge in [-0.25, -0.2) is 9.97 Å². The highest BCUT2D eigenvalue weighted by atomic mass is 16.4. The normalized spacial score (nSPS) is 10.7. The SMILES string of the molecule is NC(=O)c1ncc(-c2ccc3c(C(N)=O)nn(CC(=O)O)c3c2)cn1. The van der Waals surface area contributed by atoms with Gasteiger partial charge in [0, 0.05) is 23.3 Å². The van der Waals surface area contributed by atoms with Crippen LogP contribution in [-0.2, 0) is 11.3 Å². The van der Waals surface area contributed by atoms with Gasteiger partial charge in [0.1, 0.15) is 6.54 Å². The Morgan fingerprint density at radius 1 is 1.04 bits per heavy atom. The van der Waals surface area contributed by atoms with E-state index in [0.717, 1.165) is 0 Å². The van der Waals surface area contributed by atoms with Crippen molar-refractivity contribution in [3.05, 3.63) is 42.1 Å². The van der Waals surface area contributed by atoms with Crippen LogP contribution in [-0.4, -0.2) is 42.6 Å². The van der Waals surface area contributed by atoms with E-state index in [4.69, 9.17) is 16.6 Å². The molecule has 0 aliphatic rings. The Hall–Kier alpha value is -3.82. The molecule has 5 N–H and O–H groups in total. The minimum Gasteiger partial charge on any atom is -0.480 e. The lowest BCUT2D eigenvalue weighted by Gasteiger charge is -2.04. The smallest absolute Gasteiger partial charge is 0.325 e. The maximum atomic E-state index is 11.5. The van der Waals surface area contributed by atoms with Gasteiger partial charge in [-0.3, -0.25) is 19.1 Å². The van der Waals surface area contributed by atoms with Crippen LogP contribution in [0.5, 0.6) is 0 Å². The Kier molecular flexibility index (Phi) is 3.85. The summed E-state index contributed by atoms with van der Waals surface area (Å²) in [7, 11) is 0. The van der Waals surface area contributed by atoms with Gasteiger partial charge in [0.15, 0.2) is 5.69 Å². The second-order valence-corrected chi connectivity index (χ2v) is 5.16. The van der Waals surface area contributed by atoms with Crippen molar-refractivity contribution in [3.8, 4) is 11.1 Å². The number of nitrogens with two attached hydrogens (primary N) is 2. The summed E-state index contributed by atoms with van der Waals surface area (Å²) in [5, 5.41) is 13.4. The molecule has 0 fully saturated rings. The molecule has 10 nitrogen and oxygen atoms in total. The van der Waals surface area contributed by atoms with E-state index in [9.17, 15) is 14.4 Å². The zero-order chi connectivity index (χ0) is 18.1.